The molecule has 2 amide bonds. The van der Waals surface area contributed by atoms with E-state index in [1.165, 1.54) is 10.7 Å². The Morgan fingerprint density at radius 1 is 1.06 bits per heavy atom. The highest BCUT2D eigenvalue weighted by molar-refractivity contribution is 6.24. The molecule has 0 radical (unpaired) electrons. The Kier molecular flexibility index (Phi) is 4.85. The van der Waals surface area contributed by atoms with E-state index in [1.54, 1.807) is 30.6 Å². The number of carbonyl (C=O) groups excluding carboxylic acids is 2. The minimum atomic E-state index is -5.00. The second kappa shape index (κ2) is 7.87. The summed E-state index contributed by atoms with van der Waals surface area (Å²) in [7, 11) is 0. The number of aliphatic imine (C=N–C) groups is 1. The zero-order chi connectivity index (χ0) is 25.2. The first-order valence-electron chi connectivity index (χ1n) is 11.1. The van der Waals surface area contributed by atoms with E-state index in [1.807, 2.05) is 0 Å². The normalized spacial score (nSPS) is 20.4. The van der Waals surface area contributed by atoms with Crippen LogP contribution < -0.4 is 10.1 Å². The number of hydrogen-bond donors (Lipinski definition) is 1. The summed E-state index contributed by atoms with van der Waals surface area (Å²) in [5, 5.41) is 6.92. The van der Waals surface area contributed by atoms with Gasteiger partial charge < -0.3 is 4.74 Å². The van der Waals surface area contributed by atoms with Gasteiger partial charge in [-0.3, -0.25) is 19.9 Å². The lowest BCUT2D eigenvalue weighted by Crippen LogP contribution is -2.20. The molecule has 1 aromatic heterocycles. The highest BCUT2D eigenvalue weighted by atomic mass is 19.4. The van der Waals surface area contributed by atoms with E-state index in [4.69, 9.17) is 0 Å². The summed E-state index contributed by atoms with van der Waals surface area (Å²) in [6, 6.07) is 9.09. The smallest absolute Gasteiger partial charge is 0.406 e. The van der Waals surface area contributed by atoms with Crippen molar-refractivity contribution in [3.63, 3.8) is 0 Å². The highest BCUT2D eigenvalue weighted by Crippen LogP contribution is 2.50. The molecule has 0 bridgehead atoms. The molecule has 1 fully saturated rings. The van der Waals surface area contributed by atoms with E-state index in [-0.39, 0.29) is 28.3 Å². The third-order valence-corrected chi connectivity index (χ3v) is 6.42. The molecule has 2 aliphatic heterocycles. The monoisotopic (exact) mass is 496 g/mol. The quantitative estimate of drug-likeness (QED) is 0.405. The Hall–Kier alpha value is -4.28. The van der Waals surface area contributed by atoms with Gasteiger partial charge in [-0.15, -0.1) is 13.2 Å². The third-order valence-electron chi connectivity index (χ3n) is 6.42. The first-order valence-corrected chi connectivity index (χ1v) is 11.1. The SMILES string of the molecule is O=C1NC(=O)c2c1cccc2-c1cc(-c2cc(F)cc(OC(F)(F)F)c2)n(C2=CN=CCC3C[C@@H]23)n1. The van der Waals surface area contributed by atoms with Gasteiger partial charge in [0, 0.05) is 35.5 Å². The van der Waals surface area contributed by atoms with Crippen LogP contribution in [0.25, 0.3) is 28.2 Å². The predicted molar refractivity (Wildman–Crippen MR) is 121 cm³/mol. The molecule has 3 aliphatic rings. The number of benzene rings is 2. The maximum Gasteiger partial charge on any atom is 0.573 e. The van der Waals surface area contributed by atoms with Gasteiger partial charge in [-0.25, -0.2) is 9.07 Å². The number of imide groups is 1. The molecule has 36 heavy (non-hydrogen) atoms. The predicted octanol–water partition coefficient (Wildman–Crippen LogP) is 5.05. The van der Waals surface area contributed by atoms with E-state index in [2.05, 4.69) is 20.1 Å². The number of alkyl halides is 3. The maximum atomic E-state index is 14.4. The number of nitrogens with one attached hydrogen (secondary N) is 1. The number of aromatic nitrogens is 2. The van der Waals surface area contributed by atoms with Gasteiger partial charge in [0.2, 0.25) is 0 Å². The lowest BCUT2D eigenvalue weighted by Gasteiger charge is -2.13. The van der Waals surface area contributed by atoms with Crippen LogP contribution in [-0.4, -0.2) is 34.2 Å². The van der Waals surface area contributed by atoms with Crippen LogP contribution in [0.15, 0.2) is 53.7 Å². The fourth-order valence-electron chi connectivity index (χ4n) is 4.75. The van der Waals surface area contributed by atoms with Crippen LogP contribution in [0.4, 0.5) is 17.6 Å². The topological polar surface area (TPSA) is 85.6 Å². The first-order chi connectivity index (χ1) is 17.2. The van der Waals surface area contributed by atoms with Gasteiger partial charge in [0.25, 0.3) is 11.8 Å². The van der Waals surface area contributed by atoms with Crippen molar-refractivity contribution >= 4 is 23.7 Å². The molecular weight excluding hydrogens is 480 g/mol. The third kappa shape index (κ3) is 3.86. The zero-order valence-corrected chi connectivity index (χ0v) is 18.3. The number of fused-ring (bicyclic) bond motifs is 2. The first kappa shape index (κ1) is 22.2. The van der Waals surface area contributed by atoms with Crippen molar-refractivity contribution in [1.29, 1.82) is 0 Å². The molecule has 182 valence electrons. The summed E-state index contributed by atoms with van der Waals surface area (Å²) in [6.45, 7) is 0. The fourth-order valence-corrected chi connectivity index (χ4v) is 4.75. The number of amides is 2. The van der Waals surface area contributed by atoms with Gasteiger partial charge in [0.1, 0.15) is 11.6 Å². The number of rotatable bonds is 4. The Bertz CT molecular complexity index is 1510. The standard InChI is InChI=1S/C25H16F4N4O3/c26-14-6-13(7-15(9-14)36-25(27,28)29)20-10-19(16-2-1-3-17-22(16)24(35)31-23(17)34)32-33(20)21-11-30-5-4-12-8-18(12)21/h1-3,5-7,9-12,18H,4,8H2,(H,31,34,35)/t12?,18-/m1/s1. The number of halogens is 4. The summed E-state index contributed by atoms with van der Waals surface area (Å²) in [6.07, 6.45) is 0.0951. The van der Waals surface area contributed by atoms with Crippen LogP contribution in [0.1, 0.15) is 33.6 Å². The Labute approximate surface area is 201 Å². The Morgan fingerprint density at radius 2 is 1.86 bits per heavy atom. The zero-order valence-electron chi connectivity index (χ0n) is 18.3. The van der Waals surface area contributed by atoms with Crippen LogP contribution in [-0.2, 0) is 0 Å². The molecule has 1 unspecified atom stereocenters. The molecule has 11 heteroatoms. The fraction of sp³-hybridized carbons (Fsp3) is 0.200. The lowest BCUT2D eigenvalue weighted by atomic mass is 9.99. The molecule has 3 aromatic rings. The van der Waals surface area contributed by atoms with Crippen molar-refractivity contribution in [1.82, 2.24) is 15.1 Å². The van der Waals surface area contributed by atoms with E-state index < -0.39 is 29.7 Å². The second-order valence-electron chi connectivity index (χ2n) is 8.79. The van der Waals surface area contributed by atoms with Crippen molar-refractivity contribution in [2.24, 2.45) is 16.8 Å². The second-order valence-corrected chi connectivity index (χ2v) is 8.79. The average Bonchev–Trinajstić information content (AvgIpc) is 3.38. The van der Waals surface area contributed by atoms with Crippen molar-refractivity contribution in [3.8, 4) is 28.3 Å². The van der Waals surface area contributed by atoms with Crippen LogP contribution in [0.2, 0.25) is 0 Å². The van der Waals surface area contributed by atoms with Gasteiger partial charge >= 0.3 is 6.36 Å². The van der Waals surface area contributed by atoms with E-state index in [0.717, 1.165) is 25.0 Å². The van der Waals surface area contributed by atoms with Crippen LogP contribution in [0.3, 0.4) is 0 Å². The van der Waals surface area contributed by atoms with Crippen LogP contribution in [0.5, 0.6) is 5.75 Å². The van der Waals surface area contributed by atoms with Crippen molar-refractivity contribution in [3.05, 3.63) is 65.6 Å². The molecule has 1 saturated carbocycles. The molecule has 1 aliphatic carbocycles. The Balaban J connectivity index is 1.54. The van der Waals surface area contributed by atoms with Gasteiger partial charge in [0.05, 0.1) is 28.2 Å². The number of ether oxygens (including phenoxy) is 1. The van der Waals surface area contributed by atoms with E-state index in [9.17, 15) is 27.2 Å². The lowest BCUT2D eigenvalue weighted by molar-refractivity contribution is -0.274. The van der Waals surface area contributed by atoms with Crippen molar-refractivity contribution < 1.29 is 31.9 Å². The number of carbonyl (C=O) groups is 2. The average molecular weight is 496 g/mol. The van der Waals surface area contributed by atoms with Gasteiger partial charge in [-0.05, 0) is 43.0 Å². The molecule has 2 aromatic carbocycles. The summed E-state index contributed by atoms with van der Waals surface area (Å²) in [4.78, 5) is 28.9. The summed E-state index contributed by atoms with van der Waals surface area (Å²) in [5.74, 6) is -2.28. The maximum absolute atomic E-state index is 14.4. The van der Waals surface area contributed by atoms with Gasteiger partial charge in [-0.2, -0.15) is 5.10 Å². The molecule has 0 spiro atoms. The Morgan fingerprint density at radius 3 is 2.67 bits per heavy atom. The highest BCUT2D eigenvalue weighted by Gasteiger charge is 2.42. The molecular formula is C25H16F4N4O3. The summed E-state index contributed by atoms with van der Waals surface area (Å²) >= 11 is 0. The minimum absolute atomic E-state index is 0.0902. The largest absolute Gasteiger partial charge is 0.573 e. The molecule has 3 heterocycles. The number of hydrogen-bond acceptors (Lipinski definition) is 5. The van der Waals surface area contributed by atoms with Gasteiger partial charge in [0.15, 0.2) is 0 Å². The van der Waals surface area contributed by atoms with Crippen molar-refractivity contribution in [2.75, 3.05) is 0 Å². The molecule has 6 rings (SSSR count). The molecule has 2 atom stereocenters. The number of allylic oxidation sites excluding steroid dienone is 1. The van der Waals surface area contributed by atoms with Gasteiger partial charge in [-0.1, -0.05) is 12.1 Å². The summed E-state index contributed by atoms with van der Waals surface area (Å²) < 4.78 is 58.4. The molecule has 1 N–H and O–H groups in total. The van der Waals surface area contributed by atoms with Crippen molar-refractivity contribution in [2.45, 2.75) is 19.2 Å². The molecule has 7 nitrogen and oxygen atoms in total. The molecule has 0 saturated heterocycles. The number of nitrogens with zero attached hydrogens (tertiary/aromatic N) is 3. The summed E-state index contributed by atoms with van der Waals surface area (Å²) in [5.41, 5.74) is 2.08. The van der Waals surface area contributed by atoms with Crippen LogP contribution >= 0.6 is 0 Å². The van der Waals surface area contributed by atoms with E-state index >= 15 is 0 Å². The minimum Gasteiger partial charge on any atom is -0.406 e. The van der Waals surface area contributed by atoms with E-state index in [0.29, 0.717) is 28.9 Å². The van der Waals surface area contributed by atoms with Crippen LogP contribution in [0, 0.1) is 17.7 Å².